The quantitative estimate of drug-likeness (QED) is 0.710. The highest BCUT2D eigenvalue weighted by atomic mass is 19.1. The van der Waals surface area contributed by atoms with Crippen molar-refractivity contribution in [2.75, 3.05) is 0 Å². The van der Waals surface area contributed by atoms with Crippen molar-refractivity contribution in [1.82, 2.24) is 0 Å². The Hall–Kier alpha value is -1.63. The highest BCUT2D eigenvalue weighted by Gasteiger charge is 1.96. The lowest BCUT2D eigenvalue weighted by Gasteiger charge is -2.01. The van der Waals surface area contributed by atoms with Gasteiger partial charge in [-0.3, -0.25) is 0 Å². The van der Waals surface area contributed by atoms with Gasteiger partial charge in [-0.1, -0.05) is 42.5 Å². The Bertz CT molecular complexity index is 420. The summed E-state index contributed by atoms with van der Waals surface area (Å²) in [4.78, 5) is 0. The summed E-state index contributed by atoms with van der Waals surface area (Å²) in [6, 6.07) is 17.8. The number of hydrogen-bond donors (Lipinski definition) is 0. The lowest BCUT2D eigenvalue weighted by Crippen LogP contribution is -1.91. The molecule has 0 bridgehead atoms. The van der Waals surface area contributed by atoms with Crippen LogP contribution in [-0.4, -0.2) is 0 Å². The van der Waals surface area contributed by atoms with E-state index in [0.717, 1.165) is 18.4 Å². The fourth-order valence-corrected chi connectivity index (χ4v) is 1.57. The molecule has 0 heterocycles. The zero-order valence-electron chi connectivity index (χ0n) is 8.41. The molecule has 0 spiro atoms. The number of benzene rings is 2. The minimum atomic E-state index is -0.277. The second-order valence-electron chi connectivity index (χ2n) is 3.53. The lowest BCUT2D eigenvalue weighted by atomic mass is 10.0. The minimum Gasteiger partial charge on any atom is -0.206 e. The molecule has 2 aromatic rings. The van der Waals surface area contributed by atoms with Crippen LogP contribution in [-0.2, 0) is 12.8 Å². The van der Waals surface area contributed by atoms with Gasteiger partial charge < -0.3 is 0 Å². The first-order valence-electron chi connectivity index (χ1n) is 5.04. The first-order valence-corrected chi connectivity index (χ1v) is 5.04. The van der Waals surface area contributed by atoms with E-state index in [9.17, 15) is 4.39 Å². The van der Waals surface area contributed by atoms with Crippen molar-refractivity contribution < 1.29 is 4.39 Å². The average molecular weight is 199 g/mol. The molecule has 0 nitrogen and oxygen atoms in total. The topological polar surface area (TPSA) is 0 Å². The van der Waals surface area contributed by atoms with Crippen LogP contribution >= 0.6 is 0 Å². The van der Waals surface area contributed by atoms with Gasteiger partial charge in [-0.05, 0) is 30.0 Å². The van der Waals surface area contributed by atoms with Gasteiger partial charge in [0.2, 0.25) is 0 Å². The molecule has 0 saturated carbocycles. The van der Waals surface area contributed by atoms with E-state index in [-0.39, 0.29) is 5.82 Å². The Morgan fingerprint density at radius 1 is 0.933 bits per heavy atom. The number of aryl methyl sites for hydroxylation is 2. The second-order valence-corrected chi connectivity index (χ2v) is 3.53. The molecule has 0 unspecified atom stereocenters. The monoisotopic (exact) mass is 199 g/mol. The van der Waals surface area contributed by atoms with Crippen molar-refractivity contribution in [3.05, 3.63) is 71.5 Å². The predicted molar refractivity (Wildman–Crippen MR) is 59.1 cm³/mol. The average Bonchev–Trinajstić information content (AvgIpc) is 2.28. The van der Waals surface area contributed by atoms with Gasteiger partial charge in [0.15, 0.2) is 0 Å². The standard InChI is InChI=1S/C14H12F/c15-14-8-4-7-13(11-14)10-9-12-5-2-1-3-6-12/h1-7,11H,9-10H2. The summed E-state index contributed by atoms with van der Waals surface area (Å²) in [5, 5.41) is 0. The SMILES string of the molecule is Fc1[c]ccc(CCc2ccccc2)c1. The minimum absolute atomic E-state index is 0.277. The maximum Gasteiger partial charge on any atom is 0.131 e. The first kappa shape index (κ1) is 9.91. The van der Waals surface area contributed by atoms with Crippen molar-refractivity contribution in [2.45, 2.75) is 12.8 Å². The van der Waals surface area contributed by atoms with E-state index in [1.54, 1.807) is 12.1 Å². The second kappa shape index (κ2) is 4.74. The van der Waals surface area contributed by atoms with Crippen LogP contribution in [0.25, 0.3) is 0 Å². The fourth-order valence-electron chi connectivity index (χ4n) is 1.57. The summed E-state index contributed by atoms with van der Waals surface area (Å²) in [5.74, 6) is -0.277. The van der Waals surface area contributed by atoms with Crippen molar-refractivity contribution in [3.63, 3.8) is 0 Å². The summed E-state index contributed by atoms with van der Waals surface area (Å²) >= 11 is 0. The van der Waals surface area contributed by atoms with E-state index in [0.29, 0.717) is 0 Å². The zero-order chi connectivity index (χ0) is 10.5. The van der Waals surface area contributed by atoms with Gasteiger partial charge in [0.05, 0.1) is 0 Å². The van der Waals surface area contributed by atoms with Gasteiger partial charge >= 0.3 is 0 Å². The van der Waals surface area contributed by atoms with Crippen LogP contribution < -0.4 is 0 Å². The van der Waals surface area contributed by atoms with Crippen LogP contribution in [0.2, 0.25) is 0 Å². The molecule has 75 valence electrons. The summed E-state index contributed by atoms with van der Waals surface area (Å²) in [6.45, 7) is 0. The highest BCUT2D eigenvalue weighted by molar-refractivity contribution is 5.20. The molecule has 0 N–H and O–H groups in total. The molecule has 0 aromatic heterocycles. The van der Waals surface area contributed by atoms with Gasteiger partial charge in [0.1, 0.15) is 5.82 Å². The third-order valence-corrected chi connectivity index (χ3v) is 2.38. The smallest absolute Gasteiger partial charge is 0.131 e. The molecule has 0 saturated heterocycles. The van der Waals surface area contributed by atoms with Gasteiger partial charge in [-0.2, -0.15) is 0 Å². The molecule has 0 atom stereocenters. The Morgan fingerprint density at radius 2 is 1.67 bits per heavy atom. The number of rotatable bonds is 3. The molecular formula is C14H12F. The van der Waals surface area contributed by atoms with Gasteiger partial charge in [-0.15, -0.1) is 0 Å². The molecule has 0 fully saturated rings. The zero-order valence-corrected chi connectivity index (χ0v) is 8.41. The summed E-state index contributed by atoms with van der Waals surface area (Å²) < 4.78 is 12.8. The highest BCUT2D eigenvalue weighted by Crippen LogP contribution is 2.08. The third-order valence-electron chi connectivity index (χ3n) is 2.38. The molecule has 2 rings (SSSR count). The van der Waals surface area contributed by atoms with E-state index in [4.69, 9.17) is 0 Å². The van der Waals surface area contributed by atoms with Crippen LogP contribution in [0.1, 0.15) is 11.1 Å². The van der Waals surface area contributed by atoms with Crippen LogP contribution in [0.15, 0.2) is 48.5 Å². The Morgan fingerprint density at radius 3 is 2.40 bits per heavy atom. The number of hydrogen-bond acceptors (Lipinski definition) is 0. The van der Waals surface area contributed by atoms with Gasteiger partial charge in [-0.25, -0.2) is 4.39 Å². The number of halogens is 1. The van der Waals surface area contributed by atoms with E-state index in [1.165, 1.54) is 5.56 Å². The molecular weight excluding hydrogens is 187 g/mol. The molecule has 0 aliphatic carbocycles. The van der Waals surface area contributed by atoms with Crippen molar-refractivity contribution in [1.29, 1.82) is 0 Å². The van der Waals surface area contributed by atoms with Crippen molar-refractivity contribution in [2.24, 2.45) is 0 Å². The van der Waals surface area contributed by atoms with Crippen molar-refractivity contribution >= 4 is 0 Å². The molecule has 0 aliphatic rings. The third kappa shape index (κ3) is 2.91. The molecule has 1 radical (unpaired) electrons. The molecule has 1 heteroatoms. The largest absolute Gasteiger partial charge is 0.206 e. The van der Waals surface area contributed by atoms with Crippen LogP contribution in [0.3, 0.4) is 0 Å². The predicted octanol–water partition coefficient (Wildman–Crippen LogP) is 3.41. The maximum absolute atomic E-state index is 12.8. The fraction of sp³-hybridized carbons (Fsp3) is 0.143. The van der Waals surface area contributed by atoms with E-state index < -0.39 is 0 Å². The van der Waals surface area contributed by atoms with Crippen LogP contribution in [0.5, 0.6) is 0 Å². The van der Waals surface area contributed by atoms with Crippen LogP contribution in [0, 0.1) is 11.9 Å². The van der Waals surface area contributed by atoms with E-state index in [1.807, 2.05) is 24.3 Å². The molecule has 0 amide bonds. The Kier molecular flexibility index (Phi) is 3.13. The Labute approximate surface area is 89.4 Å². The van der Waals surface area contributed by atoms with Gasteiger partial charge in [0, 0.05) is 6.07 Å². The van der Waals surface area contributed by atoms with E-state index >= 15 is 0 Å². The normalized spacial score (nSPS) is 10.2. The van der Waals surface area contributed by atoms with E-state index in [2.05, 4.69) is 18.2 Å². The molecule has 0 aliphatic heterocycles. The van der Waals surface area contributed by atoms with Crippen LogP contribution in [0.4, 0.5) is 4.39 Å². The maximum atomic E-state index is 12.8. The summed E-state index contributed by atoms with van der Waals surface area (Å²) in [7, 11) is 0. The van der Waals surface area contributed by atoms with Gasteiger partial charge in [0.25, 0.3) is 0 Å². The van der Waals surface area contributed by atoms with Crippen molar-refractivity contribution in [3.8, 4) is 0 Å². The first-order chi connectivity index (χ1) is 7.34. The lowest BCUT2D eigenvalue weighted by molar-refractivity contribution is 0.623. The summed E-state index contributed by atoms with van der Waals surface area (Å²) in [5.41, 5.74) is 2.31. The molecule has 2 aromatic carbocycles. The Balaban J connectivity index is 1.99. The summed E-state index contributed by atoms with van der Waals surface area (Å²) in [6.07, 6.45) is 1.82. The molecule has 15 heavy (non-hydrogen) atoms.